The van der Waals surface area contributed by atoms with Crippen molar-refractivity contribution in [2.75, 3.05) is 6.54 Å². The Kier molecular flexibility index (Phi) is 9.84. The van der Waals surface area contributed by atoms with Crippen molar-refractivity contribution >= 4 is 23.7 Å². The van der Waals surface area contributed by atoms with Crippen molar-refractivity contribution in [3.8, 4) is 5.75 Å². The minimum atomic E-state index is -1.17. The molecule has 4 atom stereocenters. The molecule has 1 aliphatic rings. The number of phenolic OH excluding ortho intramolecular Hbond substituents is 1. The van der Waals surface area contributed by atoms with Crippen LogP contribution >= 0.6 is 0 Å². The largest absolute Gasteiger partial charge is 0.508 e. The third kappa shape index (κ3) is 7.55. The quantitative estimate of drug-likeness (QED) is 0.295. The molecule has 3 amide bonds. The second-order valence-electron chi connectivity index (χ2n) is 9.98. The fourth-order valence-electron chi connectivity index (χ4n) is 4.46. The summed E-state index contributed by atoms with van der Waals surface area (Å²) in [5, 5.41) is 24.6. The van der Waals surface area contributed by atoms with E-state index in [0.717, 1.165) is 5.56 Å². The number of likely N-dealkylation sites (tertiary alicyclic amines) is 1. The van der Waals surface area contributed by atoms with Crippen LogP contribution in [0.5, 0.6) is 5.75 Å². The number of amides is 3. The lowest BCUT2D eigenvalue weighted by Gasteiger charge is -2.30. The first-order valence-electron chi connectivity index (χ1n) is 12.8. The molecule has 0 bridgehead atoms. The van der Waals surface area contributed by atoms with E-state index in [-0.39, 0.29) is 24.5 Å². The first-order chi connectivity index (χ1) is 18.1. The zero-order valence-electron chi connectivity index (χ0n) is 21.7. The molecule has 10 nitrogen and oxygen atoms in total. The number of rotatable bonds is 11. The maximum Gasteiger partial charge on any atom is 0.326 e. The number of carboxylic acids is 1. The second kappa shape index (κ2) is 13.0. The monoisotopic (exact) mass is 524 g/mol. The van der Waals surface area contributed by atoms with E-state index in [1.165, 1.54) is 17.0 Å². The molecule has 38 heavy (non-hydrogen) atoms. The lowest BCUT2D eigenvalue weighted by molar-refractivity contribution is -0.145. The van der Waals surface area contributed by atoms with Crippen LogP contribution in [0.4, 0.5) is 0 Å². The van der Waals surface area contributed by atoms with Gasteiger partial charge in [0.25, 0.3) is 0 Å². The summed E-state index contributed by atoms with van der Waals surface area (Å²) in [7, 11) is 0. The fourth-order valence-corrected chi connectivity index (χ4v) is 4.46. The zero-order chi connectivity index (χ0) is 27.8. The van der Waals surface area contributed by atoms with Gasteiger partial charge in [0, 0.05) is 19.4 Å². The first kappa shape index (κ1) is 28.6. The van der Waals surface area contributed by atoms with Gasteiger partial charge in [-0.05, 0) is 42.0 Å². The molecule has 0 spiro atoms. The van der Waals surface area contributed by atoms with Crippen molar-refractivity contribution in [3.05, 3.63) is 65.7 Å². The van der Waals surface area contributed by atoms with Crippen molar-refractivity contribution in [3.63, 3.8) is 0 Å². The van der Waals surface area contributed by atoms with Gasteiger partial charge in [-0.15, -0.1) is 0 Å². The van der Waals surface area contributed by atoms with Crippen molar-refractivity contribution < 1.29 is 29.4 Å². The van der Waals surface area contributed by atoms with Gasteiger partial charge in [0.15, 0.2) is 0 Å². The smallest absolute Gasteiger partial charge is 0.326 e. The zero-order valence-corrected chi connectivity index (χ0v) is 21.7. The van der Waals surface area contributed by atoms with Crippen LogP contribution in [0.1, 0.15) is 37.8 Å². The standard InChI is InChI=1S/C28H36N4O6/c1-17(2)24(29)26(35)30-21(15-19-10-12-20(33)13-11-19)27(36)32-14-6-9-23(32)25(34)31-22(28(37)38)16-18-7-4-3-5-8-18/h3-5,7-8,10-13,17,21-24,33H,6,9,14-16,29H2,1-2H3,(H,30,35)(H,31,34)(H,37,38). The van der Waals surface area contributed by atoms with E-state index in [9.17, 15) is 29.4 Å². The molecule has 1 saturated heterocycles. The average molecular weight is 525 g/mol. The summed E-state index contributed by atoms with van der Waals surface area (Å²) in [4.78, 5) is 52.9. The van der Waals surface area contributed by atoms with Gasteiger partial charge in [0.2, 0.25) is 17.7 Å². The third-order valence-electron chi connectivity index (χ3n) is 6.75. The van der Waals surface area contributed by atoms with Crippen LogP contribution in [-0.4, -0.2) is 69.5 Å². The normalized spacial score (nSPS) is 17.5. The number of aromatic hydroxyl groups is 1. The van der Waals surface area contributed by atoms with E-state index >= 15 is 0 Å². The Bertz CT molecular complexity index is 1120. The molecular formula is C28H36N4O6. The molecule has 2 aromatic carbocycles. The lowest BCUT2D eigenvalue weighted by atomic mass is 10.0. The number of phenols is 1. The molecule has 6 N–H and O–H groups in total. The molecule has 0 saturated carbocycles. The molecular weight excluding hydrogens is 488 g/mol. The van der Waals surface area contributed by atoms with Crippen LogP contribution in [0.3, 0.4) is 0 Å². The molecule has 204 valence electrons. The fraction of sp³-hybridized carbons (Fsp3) is 0.429. The molecule has 1 aliphatic heterocycles. The molecule has 10 heteroatoms. The van der Waals surface area contributed by atoms with Crippen molar-refractivity contribution in [1.29, 1.82) is 0 Å². The van der Waals surface area contributed by atoms with E-state index in [0.29, 0.717) is 24.9 Å². The van der Waals surface area contributed by atoms with Crippen LogP contribution in [0.25, 0.3) is 0 Å². The van der Waals surface area contributed by atoms with Gasteiger partial charge in [-0.3, -0.25) is 14.4 Å². The number of carbonyl (C=O) groups is 4. The Morgan fingerprint density at radius 3 is 2.16 bits per heavy atom. The lowest BCUT2D eigenvalue weighted by Crippen LogP contribution is -2.58. The van der Waals surface area contributed by atoms with Gasteiger partial charge < -0.3 is 31.5 Å². The Hall–Kier alpha value is -3.92. The molecule has 1 fully saturated rings. The number of carboxylic acid groups (broad SMARTS) is 1. The molecule has 1 heterocycles. The molecule has 3 rings (SSSR count). The van der Waals surface area contributed by atoms with Crippen molar-refractivity contribution in [1.82, 2.24) is 15.5 Å². The van der Waals surface area contributed by atoms with E-state index in [1.54, 1.807) is 50.2 Å². The average Bonchev–Trinajstić information content (AvgIpc) is 3.39. The minimum absolute atomic E-state index is 0.0715. The van der Waals surface area contributed by atoms with Crippen LogP contribution in [0.2, 0.25) is 0 Å². The third-order valence-corrected chi connectivity index (χ3v) is 6.75. The minimum Gasteiger partial charge on any atom is -0.508 e. The van der Waals surface area contributed by atoms with Crippen LogP contribution in [0, 0.1) is 5.92 Å². The molecule has 0 aliphatic carbocycles. The maximum absolute atomic E-state index is 13.7. The topological polar surface area (TPSA) is 162 Å². The summed E-state index contributed by atoms with van der Waals surface area (Å²) in [5.74, 6) is -2.73. The van der Waals surface area contributed by atoms with E-state index < -0.39 is 47.9 Å². The van der Waals surface area contributed by atoms with Gasteiger partial charge in [0.05, 0.1) is 6.04 Å². The summed E-state index contributed by atoms with van der Waals surface area (Å²) < 4.78 is 0. The summed E-state index contributed by atoms with van der Waals surface area (Å²) >= 11 is 0. The van der Waals surface area contributed by atoms with Gasteiger partial charge in [-0.25, -0.2) is 4.79 Å². The Morgan fingerprint density at radius 1 is 0.947 bits per heavy atom. The van der Waals surface area contributed by atoms with E-state index in [4.69, 9.17) is 5.73 Å². The number of nitrogens with one attached hydrogen (secondary N) is 2. The Morgan fingerprint density at radius 2 is 1.55 bits per heavy atom. The van der Waals surface area contributed by atoms with Gasteiger partial charge in [-0.1, -0.05) is 56.3 Å². The number of nitrogens with two attached hydrogens (primary N) is 1. The van der Waals surface area contributed by atoms with Crippen molar-refractivity contribution in [2.45, 2.75) is 63.7 Å². The summed E-state index contributed by atoms with van der Waals surface area (Å²) in [6.45, 7) is 3.90. The van der Waals surface area contributed by atoms with Crippen LogP contribution < -0.4 is 16.4 Å². The molecule has 4 unspecified atom stereocenters. The number of hydrogen-bond acceptors (Lipinski definition) is 6. The molecule has 0 aromatic heterocycles. The highest BCUT2D eigenvalue weighted by Crippen LogP contribution is 2.21. The Balaban J connectivity index is 1.77. The van der Waals surface area contributed by atoms with Gasteiger partial charge in [0.1, 0.15) is 23.9 Å². The molecule has 0 radical (unpaired) electrons. The number of hydrogen-bond donors (Lipinski definition) is 5. The summed E-state index contributed by atoms with van der Waals surface area (Å²) in [6, 6.07) is 11.4. The summed E-state index contributed by atoms with van der Waals surface area (Å²) in [5.41, 5.74) is 7.47. The predicted octanol–water partition coefficient (Wildman–Crippen LogP) is 1.21. The number of carbonyl (C=O) groups excluding carboxylic acids is 3. The number of nitrogens with zero attached hydrogens (tertiary/aromatic N) is 1. The van der Waals surface area contributed by atoms with Crippen molar-refractivity contribution in [2.24, 2.45) is 11.7 Å². The highest BCUT2D eigenvalue weighted by atomic mass is 16.4. The summed E-state index contributed by atoms with van der Waals surface area (Å²) in [6.07, 6.45) is 1.17. The van der Waals surface area contributed by atoms with E-state index in [2.05, 4.69) is 10.6 Å². The first-order valence-corrected chi connectivity index (χ1v) is 12.8. The van der Waals surface area contributed by atoms with Crippen LogP contribution in [0.15, 0.2) is 54.6 Å². The number of aliphatic carboxylic acids is 1. The van der Waals surface area contributed by atoms with Gasteiger partial charge >= 0.3 is 5.97 Å². The highest BCUT2D eigenvalue weighted by Gasteiger charge is 2.39. The molecule has 2 aromatic rings. The SMILES string of the molecule is CC(C)C(N)C(=O)NC(Cc1ccc(O)cc1)C(=O)N1CCCC1C(=O)NC(Cc1ccccc1)C(=O)O. The van der Waals surface area contributed by atoms with Crippen LogP contribution in [-0.2, 0) is 32.0 Å². The number of benzene rings is 2. The Labute approximate surface area is 222 Å². The maximum atomic E-state index is 13.7. The van der Waals surface area contributed by atoms with E-state index in [1.807, 2.05) is 6.07 Å². The highest BCUT2D eigenvalue weighted by molar-refractivity contribution is 5.94. The second-order valence-corrected chi connectivity index (χ2v) is 9.98. The van der Waals surface area contributed by atoms with Gasteiger partial charge in [-0.2, -0.15) is 0 Å². The predicted molar refractivity (Wildman–Crippen MR) is 141 cm³/mol.